The third-order valence-electron chi connectivity index (χ3n) is 12.8. The Hall–Kier alpha value is -7.74. The number of benzene rings is 8. The van der Waals surface area contributed by atoms with Gasteiger partial charge in [-0.05, 0) is 92.8 Å². The van der Waals surface area contributed by atoms with E-state index in [2.05, 4.69) is 261 Å². The maximum absolute atomic E-state index is 4.45. The molecule has 1 unspecified atom stereocenters. The summed E-state index contributed by atoms with van der Waals surface area (Å²) in [5.74, 6) is 0.236. The molecule has 0 amide bonds. The summed E-state index contributed by atoms with van der Waals surface area (Å²) in [5.41, 5.74) is 17.6. The summed E-state index contributed by atoms with van der Waals surface area (Å²) in [4.78, 5) is 0. The molecule has 0 saturated heterocycles. The zero-order chi connectivity index (χ0) is 42.6. The van der Waals surface area contributed by atoms with Gasteiger partial charge < -0.3 is 4.57 Å². The van der Waals surface area contributed by atoms with Gasteiger partial charge in [0.15, 0.2) is 0 Å². The first-order valence-electron chi connectivity index (χ1n) is 22.0. The van der Waals surface area contributed by atoms with Crippen molar-refractivity contribution in [3.63, 3.8) is 0 Å². The van der Waals surface area contributed by atoms with Crippen LogP contribution in [0, 0.1) is 5.92 Å². The molecule has 302 valence electrons. The molecule has 0 spiro atoms. The largest absolute Gasteiger partial charge is 0.309 e. The molecule has 1 aromatic heterocycles. The Bertz CT molecular complexity index is 2980. The van der Waals surface area contributed by atoms with Crippen LogP contribution in [0.5, 0.6) is 0 Å². The number of aromatic nitrogens is 1. The van der Waals surface area contributed by atoms with Crippen molar-refractivity contribution in [2.24, 2.45) is 5.92 Å². The molecule has 1 aliphatic rings. The van der Waals surface area contributed by atoms with Gasteiger partial charge in [-0.2, -0.15) is 0 Å². The average molecular weight is 808 g/mol. The Morgan fingerprint density at radius 1 is 0.556 bits per heavy atom. The van der Waals surface area contributed by atoms with E-state index in [4.69, 9.17) is 0 Å². The highest BCUT2D eigenvalue weighted by molar-refractivity contribution is 5.93. The fourth-order valence-electron chi connectivity index (χ4n) is 10.0. The second kappa shape index (κ2) is 17.3. The third-order valence-corrected chi connectivity index (χ3v) is 12.8. The van der Waals surface area contributed by atoms with Gasteiger partial charge in [0.1, 0.15) is 0 Å². The van der Waals surface area contributed by atoms with Gasteiger partial charge in [0.2, 0.25) is 0 Å². The SMILES string of the molecule is C=Cc1c(-n2c3c(c4ccccc42)CC(C=C(c2ccccc2)c2ccccc2)C=C3)ccc(-c2ccc(C(c3ccccc3)(c3ccccc3)c3ccccc3)cc2)c1/C=C\C. The minimum Gasteiger partial charge on any atom is -0.309 e. The Kier molecular flexibility index (Phi) is 10.8. The smallest absolute Gasteiger partial charge is 0.0701 e. The van der Waals surface area contributed by atoms with E-state index in [0.717, 1.165) is 28.8 Å². The van der Waals surface area contributed by atoms with Crippen LogP contribution in [0.4, 0.5) is 0 Å². The number of hydrogen-bond acceptors (Lipinski definition) is 0. The fraction of sp³-hybridized carbons (Fsp3) is 0.0645. The van der Waals surface area contributed by atoms with Crippen molar-refractivity contribution in [1.29, 1.82) is 0 Å². The summed E-state index contributed by atoms with van der Waals surface area (Å²) >= 11 is 0. The predicted molar refractivity (Wildman–Crippen MR) is 268 cm³/mol. The van der Waals surface area contributed by atoms with Crippen LogP contribution in [0.1, 0.15) is 62.7 Å². The Morgan fingerprint density at radius 2 is 1.06 bits per heavy atom. The zero-order valence-corrected chi connectivity index (χ0v) is 35.6. The summed E-state index contributed by atoms with van der Waals surface area (Å²) < 4.78 is 2.46. The van der Waals surface area contributed by atoms with E-state index in [1.54, 1.807) is 0 Å². The molecule has 0 bridgehead atoms. The number of allylic oxidation sites excluding steroid dienone is 3. The molecule has 8 aromatic carbocycles. The van der Waals surface area contributed by atoms with Gasteiger partial charge in [-0.3, -0.25) is 0 Å². The van der Waals surface area contributed by atoms with Gasteiger partial charge in [-0.15, -0.1) is 0 Å². The van der Waals surface area contributed by atoms with E-state index < -0.39 is 5.41 Å². The van der Waals surface area contributed by atoms with Gasteiger partial charge >= 0.3 is 0 Å². The Morgan fingerprint density at radius 3 is 1.60 bits per heavy atom. The van der Waals surface area contributed by atoms with Crippen molar-refractivity contribution >= 4 is 34.7 Å². The maximum Gasteiger partial charge on any atom is 0.0701 e. The van der Waals surface area contributed by atoms with Gasteiger partial charge in [0, 0.05) is 22.6 Å². The van der Waals surface area contributed by atoms with Crippen molar-refractivity contribution in [2.45, 2.75) is 18.8 Å². The standard InChI is InChI=1S/C62H49N/c1-3-22-55-53(4-2)60(63-59-34-21-20-33-56(59)58-44-45(35-41-61(58)63)43-57(46-23-10-5-11-24-46)47-25-12-6-13-26-47)42-40-54(55)48-36-38-52(39-37-48)62(49-27-14-7-15-28-49,50-29-16-8-17-30-50)51-31-18-9-19-32-51/h3-43,45H,2,44H2,1H3/b22-3-. The molecule has 1 aliphatic carbocycles. The van der Waals surface area contributed by atoms with E-state index in [0.29, 0.717) is 0 Å². The molecule has 0 aliphatic heterocycles. The summed E-state index contributed by atoms with van der Waals surface area (Å²) in [5, 5.41) is 1.29. The molecule has 1 heterocycles. The van der Waals surface area contributed by atoms with Crippen LogP contribution in [0.15, 0.2) is 237 Å². The molecule has 10 rings (SSSR count). The quantitative estimate of drug-likeness (QED) is 0.115. The second-order valence-electron chi connectivity index (χ2n) is 16.3. The third kappa shape index (κ3) is 7.12. The lowest BCUT2D eigenvalue weighted by molar-refractivity contribution is 0.745. The lowest BCUT2D eigenvalue weighted by Gasteiger charge is -2.37. The fourth-order valence-corrected chi connectivity index (χ4v) is 10.0. The second-order valence-corrected chi connectivity index (χ2v) is 16.3. The topological polar surface area (TPSA) is 4.93 Å². The minimum atomic E-state index is -0.508. The van der Waals surface area contributed by atoms with Gasteiger partial charge in [0.25, 0.3) is 0 Å². The predicted octanol–water partition coefficient (Wildman–Crippen LogP) is 15.7. The Balaban J connectivity index is 1.08. The highest BCUT2D eigenvalue weighted by Gasteiger charge is 2.38. The van der Waals surface area contributed by atoms with E-state index >= 15 is 0 Å². The first kappa shape index (κ1) is 39.4. The number of para-hydroxylation sites is 1. The van der Waals surface area contributed by atoms with Crippen LogP contribution in [-0.4, -0.2) is 4.57 Å². The molecule has 63 heavy (non-hydrogen) atoms. The molecule has 0 N–H and O–H groups in total. The van der Waals surface area contributed by atoms with Crippen molar-refractivity contribution in [3.05, 3.63) is 293 Å². The highest BCUT2D eigenvalue weighted by Crippen LogP contribution is 2.46. The van der Waals surface area contributed by atoms with Crippen molar-refractivity contribution < 1.29 is 0 Å². The maximum atomic E-state index is 4.45. The lowest BCUT2D eigenvalue weighted by Crippen LogP contribution is -2.30. The van der Waals surface area contributed by atoms with Crippen LogP contribution >= 0.6 is 0 Å². The summed E-state index contributed by atoms with van der Waals surface area (Å²) in [6, 6.07) is 77.0. The average Bonchev–Trinajstić information content (AvgIpc) is 3.68. The van der Waals surface area contributed by atoms with Crippen LogP contribution in [-0.2, 0) is 11.8 Å². The number of hydrogen-bond donors (Lipinski definition) is 0. The van der Waals surface area contributed by atoms with Gasteiger partial charge in [-0.1, -0.05) is 237 Å². The van der Waals surface area contributed by atoms with E-state index in [9.17, 15) is 0 Å². The molecule has 1 atom stereocenters. The molecular weight excluding hydrogens is 759 g/mol. The first-order chi connectivity index (χ1) is 31.2. The van der Waals surface area contributed by atoms with E-state index in [1.807, 2.05) is 6.08 Å². The van der Waals surface area contributed by atoms with Crippen LogP contribution in [0.2, 0.25) is 0 Å². The van der Waals surface area contributed by atoms with Gasteiger partial charge in [0.05, 0.1) is 16.6 Å². The van der Waals surface area contributed by atoms with Crippen LogP contribution < -0.4 is 0 Å². The number of nitrogens with zero attached hydrogens (tertiary/aromatic N) is 1. The van der Waals surface area contributed by atoms with Crippen molar-refractivity contribution in [3.8, 4) is 16.8 Å². The molecule has 0 radical (unpaired) electrons. The summed E-state index contributed by atoms with van der Waals surface area (Å²) in [7, 11) is 0. The van der Waals surface area contributed by atoms with Crippen LogP contribution in [0.25, 0.3) is 51.5 Å². The normalized spacial score (nSPS) is 13.5. The van der Waals surface area contributed by atoms with E-state index in [-0.39, 0.29) is 5.92 Å². The number of fused-ring (bicyclic) bond motifs is 3. The molecule has 1 nitrogen and oxygen atoms in total. The lowest BCUT2D eigenvalue weighted by atomic mass is 9.65. The monoisotopic (exact) mass is 807 g/mol. The first-order valence-corrected chi connectivity index (χ1v) is 22.0. The van der Waals surface area contributed by atoms with Crippen molar-refractivity contribution in [1.82, 2.24) is 4.57 Å². The molecular formula is C62H49N. The Labute approximate surface area is 372 Å². The molecule has 1 heteroatoms. The minimum absolute atomic E-state index is 0.236. The molecule has 0 fully saturated rings. The van der Waals surface area contributed by atoms with Crippen molar-refractivity contribution in [2.75, 3.05) is 0 Å². The molecule has 0 saturated carbocycles. The summed E-state index contributed by atoms with van der Waals surface area (Å²) in [6.07, 6.45) is 14.5. The zero-order valence-electron chi connectivity index (χ0n) is 35.6. The highest BCUT2D eigenvalue weighted by atomic mass is 15.0. The van der Waals surface area contributed by atoms with Gasteiger partial charge in [-0.25, -0.2) is 0 Å². The van der Waals surface area contributed by atoms with Crippen LogP contribution in [0.3, 0.4) is 0 Å². The molecule has 9 aromatic rings. The number of rotatable bonds is 11. The van der Waals surface area contributed by atoms with E-state index in [1.165, 1.54) is 66.7 Å². The summed E-state index contributed by atoms with van der Waals surface area (Å²) in [6.45, 7) is 6.55.